The molecular formula is C15H18N6O. The minimum atomic E-state index is -0.130. The van der Waals surface area contributed by atoms with Crippen LogP contribution >= 0.6 is 0 Å². The van der Waals surface area contributed by atoms with Crippen LogP contribution in [0.5, 0.6) is 0 Å². The maximum atomic E-state index is 12.3. The van der Waals surface area contributed by atoms with Crippen molar-refractivity contribution in [1.29, 1.82) is 0 Å². The molecule has 0 saturated heterocycles. The average Bonchev–Trinajstić information content (AvgIpc) is 2.95. The lowest BCUT2D eigenvalue weighted by Gasteiger charge is -2.04. The van der Waals surface area contributed by atoms with Gasteiger partial charge in [0.05, 0.1) is 12.1 Å². The zero-order valence-electron chi connectivity index (χ0n) is 13.1. The van der Waals surface area contributed by atoms with Gasteiger partial charge in [-0.2, -0.15) is 5.10 Å². The van der Waals surface area contributed by atoms with Crippen LogP contribution in [0.1, 0.15) is 22.5 Å². The van der Waals surface area contributed by atoms with Gasteiger partial charge in [0.2, 0.25) is 11.9 Å². The molecule has 0 saturated carbocycles. The third-order valence-corrected chi connectivity index (χ3v) is 3.81. The molecule has 3 aromatic rings. The van der Waals surface area contributed by atoms with Gasteiger partial charge < -0.3 is 0 Å². The first-order valence-corrected chi connectivity index (χ1v) is 7.06. The molecular weight excluding hydrogens is 280 g/mol. The molecule has 0 radical (unpaired) electrons. The van der Waals surface area contributed by atoms with E-state index in [4.69, 9.17) is 0 Å². The molecule has 7 nitrogen and oxygen atoms in total. The second kappa shape index (κ2) is 5.25. The highest BCUT2D eigenvalue weighted by Crippen LogP contribution is 2.14. The quantitative estimate of drug-likeness (QED) is 0.796. The SMILES string of the molecule is Cc1ccn2c(NC(=O)Cc3c(C)nn(C)c3C)nnc2c1. The predicted octanol–water partition coefficient (Wildman–Crippen LogP) is 1.57. The second-order valence-electron chi connectivity index (χ2n) is 5.45. The second-order valence-corrected chi connectivity index (χ2v) is 5.45. The van der Waals surface area contributed by atoms with E-state index in [1.165, 1.54) is 0 Å². The molecule has 0 aliphatic rings. The summed E-state index contributed by atoms with van der Waals surface area (Å²) in [6.45, 7) is 5.85. The summed E-state index contributed by atoms with van der Waals surface area (Å²) >= 11 is 0. The fraction of sp³-hybridized carbons (Fsp3) is 0.333. The minimum absolute atomic E-state index is 0.130. The van der Waals surface area contributed by atoms with E-state index in [-0.39, 0.29) is 12.3 Å². The summed E-state index contributed by atoms with van der Waals surface area (Å²) in [5.74, 6) is 0.299. The van der Waals surface area contributed by atoms with Crippen molar-refractivity contribution < 1.29 is 4.79 Å². The van der Waals surface area contributed by atoms with E-state index in [0.717, 1.165) is 22.5 Å². The minimum Gasteiger partial charge on any atom is -0.294 e. The Morgan fingerprint density at radius 3 is 2.73 bits per heavy atom. The van der Waals surface area contributed by atoms with Crippen LogP contribution < -0.4 is 5.32 Å². The van der Waals surface area contributed by atoms with Crippen molar-refractivity contribution in [3.63, 3.8) is 0 Å². The monoisotopic (exact) mass is 298 g/mol. The average molecular weight is 298 g/mol. The molecule has 3 rings (SSSR count). The number of hydrogen-bond donors (Lipinski definition) is 1. The number of amides is 1. The lowest BCUT2D eigenvalue weighted by molar-refractivity contribution is -0.115. The van der Waals surface area contributed by atoms with Crippen molar-refractivity contribution in [2.24, 2.45) is 7.05 Å². The summed E-state index contributed by atoms with van der Waals surface area (Å²) in [6.07, 6.45) is 2.12. The maximum Gasteiger partial charge on any atom is 0.235 e. The smallest absolute Gasteiger partial charge is 0.235 e. The van der Waals surface area contributed by atoms with Crippen LogP contribution in [0.2, 0.25) is 0 Å². The first kappa shape index (κ1) is 14.2. The van der Waals surface area contributed by atoms with Gasteiger partial charge in [0.15, 0.2) is 5.65 Å². The molecule has 0 unspecified atom stereocenters. The molecule has 7 heteroatoms. The number of carbonyl (C=O) groups is 1. The zero-order valence-corrected chi connectivity index (χ0v) is 13.1. The molecule has 3 heterocycles. The Balaban J connectivity index is 1.81. The van der Waals surface area contributed by atoms with Crippen molar-refractivity contribution in [3.8, 4) is 0 Å². The number of rotatable bonds is 3. The number of aryl methyl sites for hydroxylation is 3. The molecule has 0 aliphatic heterocycles. The summed E-state index contributed by atoms with van der Waals surface area (Å²) in [5, 5.41) is 15.2. The molecule has 0 spiro atoms. The number of aromatic nitrogens is 5. The molecule has 1 N–H and O–H groups in total. The van der Waals surface area contributed by atoms with Gasteiger partial charge in [-0.1, -0.05) is 0 Å². The van der Waals surface area contributed by atoms with Crippen LogP contribution in [-0.2, 0) is 18.3 Å². The van der Waals surface area contributed by atoms with E-state index >= 15 is 0 Å². The fourth-order valence-corrected chi connectivity index (χ4v) is 2.48. The highest BCUT2D eigenvalue weighted by atomic mass is 16.1. The summed E-state index contributed by atoms with van der Waals surface area (Å²) < 4.78 is 3.54. The largest absolute Gasteiger partial charge is 0.294 e. The van der Waals surface area contributed by atoms with Crippen LogP contribution in [0, 0.1) is 20.8 Å². The predicted molar refractivity (Wildman–Crippen MR) is 82.7 cm³/mol. The molecule has 1 amide bonds. The number of fused-ring (bicyclic) bond motifs is 1. The van der Waals surface area contributed by atoms with E-state index < -0.39 is 0 Å². The lowest BCUT2D eigenvalue weighted by atomic mass is 10.1. The normalized spacial score (nSPS) is 11.1. The zero-order chi connectivity index (χ0) is 15.9. The van der Waals surface area contributed by atoms with Crippen LogP contribution in [0.3, 0.4) is 0 Å². The Morgan fingerprint density at radius 1 is 1.27 bits per heavy atom. The highest BCUT2D eigenvalue weighted by molar-refractivity contribution is 5.91. The summed E-state index contributed by atoms with van der Waals surface area (Å²) in [6, 6.07) is 3.86. The molecule has 0 atom stereocenters. The third-order valence-electron chi connectivity index (χ3n) is 3.81. The number of nitrogens with one attached hydrogen (secondary N) is 1. The maximum absolute atomic E-state index is 12.3. The van der Waals surface area contributed by atoms with E-state index in [9.17, 15) is 4.79 Å². The molecule has 3 aromatic heterocycles. The van der Waals surface area contributed by atoms with Gasteiger partial charge in [0, 0.05) is 24.5 Å². The van der Waals surface area contributed by atoms with Crippen molar-refractivity contribution in [3.05, 3.63) is 40.8 Å². The Bertz CT molecular complexity index is 860. The fourth-order valence-electron chi connectivity index (χ4n) is 2.48. The first-order valence-electron chi connectivity index (χ1n) is 7.06. The Kier molecular flexibility index (Phi) is 3.40. The van der Waals surface area contributed by atoms with Crippen molar-refractivity contribution in [2.75, 3.05) is 5.32 Å². The first-order chi connectivity index (χ1) is 10.5. The van der Waals surface area contributed by atoms with Crippen LogP contribution in [0.4, 0.5) is 5.95 Å². The Hall–Kier alpha value is -2.70. The molecule has 22 heavy (non-hydrogen) atoms. The van der Waals surface area contributed by atoms with Crippen LogP contribution in [0.15, 0.2) is 18.3 Å². The van der Waals surface area contributed by atoms with E-state index in [2.05, 4.69) is 20.6 Å². The van der Waals surface area contributed by atoms with Gasteiger partial charge in [0.1, 0.15) is 0 Å². The standard InChI is InChI=1S/C15H18N6O/c1-9-5-6-21-13(7-9)17-18-15(21)16-14(22)8-12-10(2)19-20(4)11(12)3/h5-7H,8H2,1-4H3,(H,16,18,22). The molecule has 0 aromatic carbocycles. The van der Waals surface area contributed by atoms with Crippen LogP contribution in [0.25, 0.3) is 5.65 Å². The third kappa shape index (κ3) is 2.45. The highest BCUT2D eigenvalue weighted by Gasteiger charge is 2.15. The van der Waals surface area contributed by atoms with E-state index in [1.807, 2.05) is 46.1 Å². The topological polar surface area (TPSA) is 77.1 Å². The van der Waals surface area contributed by atoms with Gasteiger partial charge in [-0.05, 0) is 38.5 Å². The van der Waals surface area contributed by atoms with Gasteiger partial charge in [-0.25, -0.2) is 0 Å². The number of carbonyl (C=O) groups excluding carboxylic acids is 1. The van der Waals surface area contributed by atoms with E-state index in [1.54, 1.807) is 9.08 Å². The Morgan fingerprint density at radius 2 is 2.05 bits per heavy atom. The molecule has 0 fully saturated rings. The summed E-state index contributed by atoms with van der Waals surface area (Å²) in [4.78, 5) is 12.3. The summed E-state index contributed by atoms with van der Waals surface area (Å²) in [5.41, 5.74) is 4.62. The summed E-state index contributed by atoms with van der Waals surface area (Å²) in [7, 11) is 1.87. The number of anilines is 1. The van der Waals surface area contributed by atoms with Crippen molar-refractivity contribution in [1.82, 2.24) is 24.4 Å². The van der Waals surface area contributed by atoms with Gasteiger partial charge in [-0.3, -0.25) is 19.2 Å². The van der Waals surface area contributed by atoms with Crippen molar-refractivity contribution in [2.45, 2.75) is 27.2 Å². The van der Waals surface area contributed by atoms with Gasteiger partial charge >= 0.3 is 0 Å². The molecule has 0 aliphatic carbocycles. The van der Waals surface area contributed by atoms with Gasteiger partial charge in [-0.15, -0.1) is 10.2 Å². The number of hydrogen-bond acceptors (Lipinski definition) is 4. The van der Waals surface area contributed by atoms with E-state index in [0.29, 0.717) is 11.6 Å². The van der Waals surface area contributed by atoms with Gasteiger partial charge in [0.25, 0.3) is 0 Å². The Labute approximate surface area is 128 Å². The number of nitrogens with zero attached hydrogens (tertiary/aromatic N) is 5. The van der Waals surface area contributed by atoms with Crippen LogP contribution in [-0.4, -0.2) is 30.3 Å². The molecule has 114 valence electrons. The number of pyridine rings is 1. The molecule has 0 bridgehead atoms. The van der Waals surface area contributed by atoms with Crippen molar-refractivity contribution >= 4 is 17.5 Å². The lowest BCUT2D eigenvalue weighted by Crippen LogP contribution is -2.17.